The molecule has 4 heteroatoms. The van der Waals surface area contributed by atoms with Crippen LogP contribution >= 0.6 is 15.9 Å². The normalized spacial score (nSPS) is 14.6. The van der Waals surface area contributed by atoms with Crippen molar-refractivity contribution >= 4 is 37.7 Å². The summed E-state index contributed by atoms with van der Waals surface area (Å²) in [7, 11) is 0. The van der Waals surface area contributed by atoms with Gasteiger partial charge in [-0.15, -0.1) is 0 Å². The molecule has 0 bridgehead atoms. The molecule has 2 unspecified atom stereocenters. The number of fused-ring (bicyclic) bond motifs is 3. The summed E-state index contributed by atoms with van der Waals surface area (Å²) in [5.41, 5.74) is 7.07. The van der Waals surface area contributed by atoms with E-state index in [1.807, 2.05) is 19.1 Å². The number of benzene rings is 3. The van der Waals surface area contributed by atoms with Gasteiger partial charge in [-0.1, -0.05) is 66.7 Å². The zero-order valence-corrected chi connectivity index (χ0v) is 23.6. The Hall–Kier alpha value is -2.14. The molecule has 0 aliphatic carbocycles. The topological polar surface area (TPSA) is 45.4 Å². The maximum atomic E-state index is 10.4. The Morgan fingerprint density at radius 3 is 1.71 bits per heavy atom. The molecule has 0 saturated heterocycles. The zero-order chi connectivity index (χ0) is 25.7. The lowest BCUT2D eigenvalue weighted by Gasteiger charge is -2.21. The molecule has 1 heterocycles. The molecule has 0 radical (unpaired) electrons. The summed E-state index contributed by atoms with van der Waals surface area (Å²) in [4.78, 5) is 0. The van der Waals surface area contributed by atoms with Crippen molar-refractivity contribution in [2.75, 3.05) is 6.61 Å². The smallest absolute Gasteiger partial charge is 0.0628 e. The fourth-order valence-electron chi connectivity index (χ4n) is 4.88. The molecule has 4 aromatic rings. The predicted molar refractivity (Wildman–Crippen MR) is 152 cm³/mol. The summed E-state index contributed by atoms with van der Waals surface area (Å²) in [5.74, 6) is -0.299. The van der Waals surface area contributed by atoms with Crippen LogP contribution < -0.4 is 0 Å². The van der Waals surface area contributed by atoms with E-state index in [9.17, 15) is 10.2 Å². The number of hydrogen-bond acceptors (Lipinski definition) is 2. The molecule has 4 rings (SSSR count). The minimum Gasteiger partial charge on any atom is -0.396 e. The average Bonchev–Trinajstić information content (AvgIpc) is 3.11. The van der Waals surface area contributed by atoms with Gasteiger partial charge in [-0.2, -0.15) is 0 Å². The maximum Gasteiger partial charge on any atom is 0.0628 e. The van der Waals surface area contributed by atoms with Gasteiger partial charge in [0, 0.05) is 21.2 Å². The van der Waals surface area contributed by atoms with Crippen molar-refractivity contribution in [2.45, 2.75) is 77.7 Å². The van der Waals surface area contributed by atoms with E-state index in [1.165, 1.54) is 32.9 Å². The number of halogens is 1. The van der Waals surface area contributed by atoms with Gasteiger partial charge in [-0.05, 0) is 86.3 Å². The minimum absolute atomic E-state index is 0.0614. The van der Waals surface area contributed by atoms with Gasteiger partial charge >= 0.3 is 0 Å². The zero-order valence-electron chi connectivity index (χ0n) is 22.0. The van der Waals surface area contributed by atoms with E-state index in [-0.39, 0.29) is 23.4 Å². The van der Waals surface area contributed by atoms with Crippen molar-refractivity contribution in [1.29, 1.82) is 0 Å². The molecule has 0 saturated carbocycles. The Balaban J connectivity index is 2.00. The fraction of sp³-hybridized carbons (Fsp3) is 0.419. The van der Waals surface area contributed by atoms with Gasteiger partial charge in [0.15, 0.2) is 0 Å². The van der Waals surface area contributed by atoms with E-state index in [4.69, 9.17) is 0 Å². The Morgan fingerprint density at radius 1 is 0.800 bits per heavy atom. The van der Waals surface area contributed by atoms with Crippen LogP contribution in [0.1, 0.15) is 77.5 Å². The van der Waals surface area contributed by atoms with Crippen molar-refractivity contribution in [2.24, 2.45) is 0 Å². The van der Waals surface area contributed by atoms with Crippen molar-refractivity contribution in [3.63, 3.8) is 0 Å². The Kier molecular flexibility index (Phi) is 6.95. The van der Waals surface area contributed by atoms with Crippen LogP contribution in [0.2, 0.25) is 0 Å². The number of aromatic nitrogens is 1. The van der Waals surface area contributed by atoms with E-state index in [2.05, 4.69) is 105 Å². The third kappa shape index (κ3) is 4.81. The molecule has 186 valence electrons. The fourth-order valence-corrected chi connectivity index (χ4v) is 5.46. The van der Waals surface area contributed by atoms with E-state index < -0.39 is 6.10 Å². The molecule has 3 aromatic carbocycles. The second kappa shape index (κ2) is 9.38. The number of nitrogens with zero attached hydrogens (tertiary/aromatic N) is 1. The number of rotatable bonds is 5. The highest BCUT2D eigenvalue weighted by Crippen LogP contribution is 2.39. The van der Waals surface area contributed by atoms with E-state index in [0.29, 0.717) is 6.42 Å². The maximum absolute atomic E-state index is 10.4. The van der Waals surface area contributed by atoms with Crippen LogP contribution in [-0.4, -0.2) is 27.5 Å². The van der Waals surface area contributed by atoms with Crippen LogP contribution in [0.25, 0.3) is 27.5 Å². The molecular weight excluding hydrogens is 498 g/mol. The lowest BCUT2D eigenvalue weighted by molar-refractivity contribution is 0.103. The Morgan fingerprint density at radius 2 is 1.31 bits per heavy atom. The second-order valence-corrected chi connectivity index (χ2v) is 12.6. The quantitative estimate of drug-likeness (QED) is 0.272. The molecule has 2 N–H and O–H groups in total. The summed E-state index contributed by atoms with van der Waals surface area (Å²) in [6.45, 7) is 15.4. The first kappa shape index (κ1) is 25.9. The van der Waals surface area contributed by atoms with Crippen LogP contribution in [0.5, 0.6) is 0 Å². The Bertz CT molecular complexity index is 1300. The third-order valence-corrected chi connectivity index (χ3v) is 7.85. The number of aliphatic hydroxyl groups excluding tert-OH is 2. The van der Waals surface area contributed by atoms with E-state index >= 15 is 0 Å². The first-order valence-electron chi connectivity index (χ1n) is 12.5. The van der Waals surface area contributed by atoms with Crippen molar-refractivity contribution in [3.8, 4) is 5.69 Å². The highest BCUT2D eigenvalue weighted by atomic mass is 79.9. The summed E-state index contributed by atoms with van der Waals surface area (Å²) >= 11 is 3.82. The SMILES string of the molecule is CCC(O)C(CO)c1ccc(-n2c3ccc(C(C)(C)C)cc3c3cc(C(C)(C)C)ccc32)c(Br)c1. The number of hydrogen-bond donors (Lipinski definition) is 2. The molecule has 1 aromatic heterocycles. The van der Waals surface area contributed by atoms with Gasteiger partial charge in [-0.25, -0.2) is 0 Å². The van der Waals surface area contributed by atoms with Gasteiger partial charge in [0.1, 0.15) is 0 Å². The van der Waals surface area contributed by atoms with Crippen LogP contribution in [-0.2, 0) is 10.8 Å². The predicted octanol–water partition coefficient (Wildman–Crippen LogP) is 7.99. The number of aliphatic hydroxyl groups is 2. The molecule has 0 amide bonds. The molecule has 0 fully saturated rings. The molecule has 3 nitrogen and oxygen atoms in total. The van der Waals surface area contributed by atoms with Crippen molar-refractivity contribution in [1.82, 2.24) is 4.57 Å². The van der Waals surface area contributed by atoms with E-state index in [0.717, 1.165) is 15.7 Å². The van der Waals surface area contributed by atoms with Crippen LogP contribution in [0.4, 0.5) is 0 Å². The van der Waals surface area contributed by atoms with Gasteiger partial charge in [-0.3, -0.25) is 0 Å². The minimum atomic E-state index is -0.572. The monoisotopic (exact) mass is 535 g/mol. The molecule has 2 atom stereocenters. The summed E-state index contributed by atoms with van der Waals surface area (Å²) in [6.07, 6.45) is 0.0292. The standard InChI is InChI=1S/C31H38BrNO2/c1-8-29(35)24(18-34)19-9-12-28(25(32)15-19)33-26-13-10-20(30(2,3)4)16-22(26)23-17-21(31(5,6)7)11-14-27(23)33/h9-17,24,29,34-35H,8,18H2,1-7H3. The lowest BCUT2D eigenvalue weighted by Crippen LogP contribution is -2.21. The van der Waals surface area contributed by atoms with Gasteiger partial charge in [0.25, 0.3) is 0 Å². The first-order chi connectivity index (χ1) is 16.4. The highest BCUT2D eigenvalue weighted by molar-refractivity contribution is 9.10. The summed E-state index contributed by atoms with van der Waals surface area (Å²) in [6, 6.07) is 19.8. The van der Waals surface area contributed by atoms with Crippen molar-refractivity contribution < 1.29 is 10.2 Å². The highest BCUT2D eigenvalue weighted by Gasteiger charge is 2.23. The second-order valence-electron chi connectivity index (χ2n) is 11.8. The summed E-state index contributed by atoms with van der Waals surface area (Å²) < 4.78 is 3.26. The van der Waals surface area contributed by atoms with Crippen LogP contribution in [0, 0.1) is 0 Å². The van der Waals surface area contributed by atoms with Gasteiger partial charge in [0.05, 0.1) is 29.4 Å². The third-order valence-electron chi connectivity index (χ3n) is 7.22. The molecule has 0 spiro atoms. The summed E-state index contributed by atoms with van der Waals surface area (Å²) in [5, 5.41) is 22.8. The van der Waals surface area contributed by atoms with Crippen molar-refractivity contribution in [3.05, 3.63) is 75.8 Å². The van der Waals surface area contributed by atoms with Crippen LogP contribution in [0.3, 0.4) is 0 Å². The molecule has 35 heavy (non-hydrogen) atoms. The molecule has 0 aliphatic heterocycles. The lowest BCUT2D eigenvalue weighted by atomic mass is 9.85. The van der Waals surface area contributed by atoms with Crippen LogP contribution in [0.15, 0.2) is 59.1 Å². The molecular formula is C31H38BrNO2. The van der Waals surface area contributed by atoms with Gasteiger partial charge < -0.3 is 14.8 Å². The van der Waals surface area contributed by atoms with E-state index in [1.54, 1.807) is 0 Å². The largest absolute Gasteiger partial charge is 0.396 e. The average molecular weight is 537 g/mol. The first-order valence-corrected chi connectivity index (χ1v) is 13.3. The Labute approximate surface area is 217 Å². The van der Waals surface area contributed by atoms with Gasteiger partial charge in [0.2, 0.25) is 0 Å². The molecule has 0 aliphatic rings.